The van der Waals surface area contributed by atoms with Crippen molar-refractivity contribution >= 4 is 15.9 Å². The summed E-state index contributed by atoms with van der Waals surface area (Å²) in [5.41, 5.74) is 1.47. The summed E-state index contributed by atoms with van der Waals surface area (Å²) in [5.74, 6) is 0. The van der Waals surface area contributed by atoms with Gasteiger partial charge < -0.3 is 5.11 Å². The van der Waals surface area contributed by atoms with E-state index in [4.69, 9.17) is 5.11 Å². The molecule has 0 aromatic carbocycles. The van der Waals surface area contributed by atoms with Crippen molar-refractivity contribution < 1.29 is 5.11 Å². The Bertz CT molecular complexity index is 179. The van der Waals surface area contributed by atoms with Crippen LogP contribution < -0.4 is 0 Å². The second-order valence-electron chi connectivity index (χ2n) is 3.29. The topological polar surface area (TPSA) is 23.5 Å². The number of nitrogens with zero attached hydrogens (tertiary/aromatic N) is 1. The molecule has 1 rings (SSSR count). The zero-order chi connectivity index (χ0) is 8.97. The van der Waals surface area contributed by atoms with Crippen LogP contribution in [0, 0.1) is 0 Å². The first-order valence-electron chi connectivity index (χ1n) is 4.41. The van der Waals surface area contributed by atoms with E-state index in [2.05, 4.69) is 27.8 Å². The zero-order valence-corrected chi connectivity index (χ0v) is 9.10. The number of rotatable bonds is 3. The van der Waals surface area contributed by atoms with Crippen molar-refractivity contribution in [3.8, 4) is 0 Å². The molecule has 0 radical (unpaired) electrons. The normalized spacial score (nSPS) is 20.2. The molecule has 1 heterocycles. The molecule has 3 heteroatoms. The Labute approximate surface area is 82.4 Å². The van der Waals surface area contributed by atoms with Crippen LogP contribution in [-0.4, -0.2) is 36.2 Å². The molecule has 2 nitrogen and oxygen atoms in total. The molecule has 0 spiro atoms. The Kier molecular flexibility index (Phi) is 4.26. The standard InChI is InChI=1S/C9H16BrNO/c1-8-3-5-11(4-2-6-12)7-9(8)10/h12H,2-7H2,1H3. The van der Waals surface area contributed by atoms with Gasteiger partial charge in [-0.3, -0.25) is 4.90 Å². The molecule has 0 aromatic rings. The van der Waals surface area contributed by atoms with Gasteiger partial charge in [-0.05, 0) is 19.8 Å². The summed E-state index contributed by atoms with van der Waals surface area (Å²) in [7, 11) is 0. The molecular weight excluding hydrogens is 218 g/mol. The lowest BCUT2D eigenvalue weighted by Gasteiger charge is -2.27. The minimum Gasteiger partial charge on any atom is -0.396 e. The predicted molar refractivity (Wildman–Crippen MR) is 54.4 cm³/mol. The SMILES string of the molecule is CC1=C(Br)CN(CCCO)CC1. The monoisotopic (exact) mass is 233 g/mol. The summed E-state index contributed by atoms with van der Waals surface area (Å²) in [6.07, 6.45) is 2.05. The first-order valence-corrected chi connectivity index (χ1v) is 5.20. The average molecular weight is 234 g/mol. The fourth-order valence-electron chi connectivity index (χ4n) is 1.36. The van der Waals surface area contributed by atoms with E-state index >= 15 is 0 Å². The van der Waals surface area contributed by atoms with Crippen LogP contribution in [0.3, 0.4) is 0 Å². The van der Waals surface area contributed by atoms with E-state index in [0.717, 1.165) is 32.5 Å². The Hall–Kier alpha value is 0.140. The van der Waals surface area contributed by atoms with Crippen molar-refractivity contribution in [1.82, 2.24) is 4.90 Å². The van der Waals surface area contributed by atoms with Crippen LogP contribution in [0.4, 0.5) is 0 Å². The Morgan fingerprint density at radius 3 is 2.92 bits per heavy atom. The zero-order valence-electron chi connectivity index (χ0n) is 7.52. The minimum atomic E-state index is 0.302. The summed E-state index contributed by atoms with van der Waals surface area (Å²) in [4.78, 5) is 2.37. The van der Waals surface area contributed by atoms with Gasteiger partial charge in [0.1, 0.15) is 0 Å². The highest BCUT2D eigenvalue weighted by atomic mass is 79.9. The Morgan fingerprint density at radius 2 is 2.33 bits per heavy atom. The summed E-state index contributed by atoms with van der Waals surface area (Å²) < 4.78 is 1.33. The van der Waals surface area contributed by atoms with E-state index in [1.54, 1.807) is 0 Å². The summed E-state index contributed by atoms with van der Waals surface area (Å²) >= 11 is 3.56. The lowest BCUT2D eigenvalue weighted by molar-refractivity contribution is 0.232. The predicted octanol–water partition coefficient (Wildman–Crippen LogP) is 1.74. The highest BCUT2D eigenvalue weighted by Crippen LogP contribution is 2.21. The maximum absolute atomic E-state index is 8.66. The number of hydrogen-bond acceptors (Lipinski definition) is 2. The van der Waals surface area contributed by atoms with Crippen molar-refractivity contribution in [2.75, 3.05) is 26.2 Å². The lowest BCUT2D eigenvalue weighted by Crippen LogP contribution is -2.31. The molecule has 0 saturated carbocycles. The molecule has 0 atom stereocenters. The molecule has 0 amide bonds. The molecule has 1 N–H and O–H groups in total. The molecule has 0 bridgehead atoms. The van der Waals surface area contributed by atoms with Gasteiger partial charge >= 0.3 is 0 Å². The van der Waals surface area contributed by atoms with Crippen molar-refractivity contribution in [2.24, 2.45) is 0 Å². The van der Waals surface area contributed by atoms with Gasteiger partial charge in [-0.15, -0.1) is 0 Å². The second kappa shape index (κ2) is 5.00. The summed E-state index contributed by atoms with van der Waals surface area (Å²) in [5, 5.41) is 8.66. The number of aliphatic hydroxyl groups excluding tert-OH is 1. The maximum atomic E-state index is 8.66. The smallest absolute Gasteiger partial charge is 0.0443 e. The Balaban J connectivity index is 2.33. The number of aliphatic hydroxyl groups is 1. The van der Waals surface area contributed by atoms with Crippen LogP contribution in [0.15, 0.2) is 10.1 Å². The van der Waals surface area contributed by atoms with Crippen LogP contribution in [0.2, 0.25) is 0 Å². The van der Waals surface area contributed by atoms with Gasteiger partial charge in [0.2, 0.25) is 0 Å². The third-order valence-corrected chi connectivity index (χ3v) is 3.19. The van der Waals surface area contributed by atoms with E-state index in [9.17, 15) is 0 Å². The second-order valence-corrected chi connectivity index (χ2v) is 4.25. The molecule has 70 valence electrons. The van der Waals surface area contributed by atoms with Crippen LogP contribution in [0.1, 0.15) is 19.8 Å². The average Bonchev–Trinajstić information content (AvgIpc) is 2.07. The van der Waals surface area contributed by atoms with Gasteiger partial charge in [0, 0.05) is 30.7 Å². The minimum absolute atomic E-state index is 0.302. The third kappa shape index (κ3) is 2.88. The van der Waals surface area contributed by atoms with Crippen molar-refractivity contribution in [1.29, 1.82) is 0 Å². The van der Waals surface area contributed by atoms with Crippen molar-refractivity contribution in [3.05, 3.63) is 10.1 Å². The highest BCUT2D eigenvalue weighted by molar-refractivity contribution is 9.11. The van der Waals surface area contributed by atoms with Gasteiger partial charge in [0.15, 0.2) is 0 Å². The van der Waals surface area contributed by atoms with Crippen LogP contribution >= 0.6 is 15.9 Å². The van der Waals surface area contributed by atoms with E-state index < -0.39 is 0 Å². The van der Waals surface area contributed by atoms with E-state index in [1.807, 2.05) is 0 Å². The molecule has 0 aliphatic carbocycles. The van der Waals surface area contributed by atoms with Crippen molar-refractivity contribution in [2.45, 2.75) is 19.8 Å². The fourth-order valence-corrected chi connectivity index (χ4v) is 1.91. The summed E-state index contributed by atoms with van der Waals surface area (Å²) in [6.45, 7) is 5.65. The van der Waals surface area contributed by atoms with Crippen LogP contribution in [0.25, 0.3) is 0 Å². The van der Waals surface area contributed by atoms with Crippen LogP contribution in [0.5, 0.6) is 0 Å². The fraction of sp³-hybridized carbons (Fsp3) is 0.778. The highest BCUT2D eigenvalue weighted by Gasteiger charge is 2.13. The molecular formula is C9H16BrNO. The van der Waals surface area contributed by atoms with E-state index in [-0.39, 0.29) is 0 Å². The Morgan fingerprint density at radius 1 is 1.58 bits per heavy atom. The first kappa shape index (κ1) is 10.2. The molecule has 0 unspecified atom stereocenters. The molecule has 0 saturated heterocycles. The molecule has 1 aliphatic heterocycles. The maximum Gasteiger partial charge on any atom is 0.0443 e. The van der Waals surface area contributed by atoms with E-state index in [0.29, 0.717) is 6.61 Å². The number of hydrogen-bond donors (Lipinski definition) is 1. The van der Waals surface area contributed by atoms with Crippen LogP contribution in [-0.2, 0) is 0 Å². The van der Waals surface area contributed by atoms with E-state index in [1.165, 1.54) is 10.1 Å². The lowest BCUT2D eigenvalue weighted by atomic mass is 10.1. The van der Waals surface area contributed by atoms with Gasteiger partial charge in [-0.1, -0.05) is 21.5 Å². The first-order chi connectivity index (χ1) is 5.74. The van der Waals surface area contributed by atoms with Crippen molar-refractivity contribution in [3.63, 3.8) is 0 Å². The molecule has 0 fully saturated rings. The molecule has 0 aromatic heterocycles. The van der Waals surface area contributed by atoms with Gasteiger partial charge in [0.25, 0.3) is 0 Å². The largest absolute Gasteiger partial charge is 0.396 e. The van der Waals surface area contributed by atoms with Gasteiger partial charge in [-0.2, -0.15) is 0 Å². The van der Waals surface area contributed by atoms with Gasteiger partial charge in [-0.25, -0.2) is 0 Å². The number of halogens is 1. The third-order valence-electron chi connectivity index (χ3n) is 2.26. The van der Waals surface area contributed by atoms with Gasteiger partial charge in [0.05, 0.1) is 0 Å². The molecule has 12 heavy (non-hydrogen) atoms. The summed E-state index contributed by atoms with van der Waals surface area (Å²) in [6, 6.07) is 0. The quantitative estimate of drug-likeness (QED) is 0.804. The molecule has 1 aliphatic rings.